The number of ether oxygens (including phenoxy) is 1. The monoisotopic (exact) mass is 437 g/mol. The fraction of sp³-hybridized carbons (Fsp3) is 0.400. The zero-order chi connectivity index (χ0) is 22.1. The Morgan fingerprint density at radius 3 is 2.37 bits per heavy atom. The maximum absolute atomic E-state index is 12.7. The molecule has 0 aliphatic heterocycles. The Hall–Kier alpha value is -2.85. The summed E-state index contributed by atoms with van der Waals surface area (Å²) in [5.41, 5.74) is 0. The van der Waals surface area contributed by atoms with Crippen molar-refractivity contribution >= 4 is 21.8 Å². The van der Waals surface area contributed by atoms with E-state index >= 15 is 0 Å². The molecular weight excluding hydrogens is 410 g/mol. The van der Waals surface area contributed by atoms with E-state index < -0.39 is 27.9 Å². The summed E-state index contributed by atoms with van der Waals surface area (Å²) in [6, 6.07) is 8.24. The van der Waals surface area contributed by atoms with Crippen molar-refractivity contribution in [2.45, 2.75) is 37.8 Å². The summed E-state index contributed by atoms with van der Waals surface area (Å²) in [5, 5.41) is 5.09. The second-order valence-corrected chi connectivity index (χ2v) is 8.77. The Bertz CT molecular complexity index is 924. The SMILES string of the molecule is COc1ccc(S(=O)(=O)NC(CC(C)C)C(=O)NCC(=O)NCc2ccco2)cc1. The largest absolute Gasteiger partial charge is 0.497 e. The highest BCUT2D eigenvalue weighted by molar-refractivity contribution is 7.89. The van der Waals surface area contributed by atoms with Crippen LogP contribution >= 0.6 is 0 Å². The number of benzene rings is 1. The fourth-order valence-electron chi connectivity index (χ4n) is 2.64. The Balaban J connectivity index is 1.97. The van der Waals surface area contributed by atoms with Crippen molar-refractivity contribution in [1.82, 2.24) is 15.4 Å². The van der Waals surface area contributed by atoms with Crippen LogP contribution in [0.4, 0.5) is 0 Å². The van der Waals surface area contributed by atoms with E-state index in [1.165, 1.54) is 37.6 Å². The molecule has 2 aromatic rings. The van der Waals surface area contributed by atoms with Gasteiger partial charge in [-0.15, -0.1) is 0 Å². The van der Waals surface area contributed by atoms with E-state index in [9.17, 15) is 18.0 Å². The molecule has 0 fully saturated rings. The third kappa shape index (κ3) is 7.20. The minimum atomic E-state index is -3.93. The second-order valence-electron chi connectivity index (χ2n) is 7.05. The molecule has 1 aromatic heterocycles. The minimum Gasteiger partial charge on any atom is -0.497 e. The molecule has 0 radical (unpaired) electrons. The van der Waals surface area contributed by atoms with Crippen molar-refractivity contribution in [3.05, 3.63) is 48.4 Å². The van der Waals surface area contributed by atoms with E-state index in [1.807, 2.05) is 13.8 Å². The summed E-state index contributed by atoms with van der Waals surface area (Å²) in [4.78, 5) is 24.5. The number of hydrogen-bond acceptors (Lipinski definition) is 6. The number of furan rings is 1. The van der Waals surface area contributed by atoms with Crippen LogP contribution in [-0.2, 0) is 26.2 Å². The number of hydrogen-bond donors (Lipinski definition) is 3. The Morgan fingerprint density at radius 1 is 1.10 bits per heavy atom. The summed E-state index contributed by atoms with van der Waals surface area (Å²) in [7, 11) is -2.45. The average Bonchev–Trinajstić information content (AvgIpc) is 3.23. The number of amides is 2. The van der Waals surface area contributed by atoms with Gasteiger partial charge in [-0.2, -0.15) is 4.72 Å². The van der Waals surface area contributed by atoms with Gasteiger partial charge in [-0.25, -0.2) is 8.42 Å². The number of carbonyl (C=O) groups excluding carboxylic acids is 2. The standard InChI is InChI=1S/C20H27N3O6S/c1-14(2)11-18(23-30(26,27)17-8-6-15(28-3)7-9-17)20(25)22-13-19(24)21-12-16-5-4-10-29-16/h4-10,14,18,23H,11-13H2,1-3H3,(H,21,24)(H,22,25). The van der Waals surface area contributed by atoms with Crippen LogP contribution in [0.15, 0.2) is 52.0 Å². The molecule has 3 N–H and O–H groups in total. The van der Waals surface area contributed by atoms with Crippen molar-refractivity contribution in [3.8, 4) is 5.75 Å². The van der Waals surface area contributed by atoms with Gasteiger partial charge in [0.05, 0.1) is 31.4 Å². The van der Waals surface area contributed by atoms with Crippen LogP contribution in [-0.4, -0.2) is 39.9 Å². The molecule has 2 rings (SSSR count). The van der Waals surface area contributed by atoms with Crippen LogP contribution < -0.4 is 20.1 Å². The van der Waals surface area contributed by atoms with Gasteiger partial charge in [0.25, 0.3) is 0 Å². The molecule has 10 heteroatoms. The van der Waals surface area contributed by atoms with Crippen LogP contribution in [0.2, 0.25) is 0 Å². The van der Waals surface area contributed by atoms with E-state index in [0.29, 0.717) is 11.5 Å². The molecule has 0 saturated heterocycles. The zero-order valence-electron chi connectivity index (χ0n) is 17.2. The highest BCUT2D eigenvalue weighted by atomic mass is 32.2. The first-order valence-electron chi connectivity index (χ1n) is 9.44. The van der Waals surface area contributed by atoms with Gasteiger partial charge in [0.15, 0.2) is 0 Å². The minimum absolute atomic E-state index is 0.0149. The first-order chi connectivity index (χ1) is 14.2. The lowest BCUT2D eigenvalue weighted by molar-refractivity contribution is -0.127. The molecule has 1 atom stereocenters. The molecule has 1 heterocycles. The fourth-order valence-corrected chi connectivity index (χ4v) is 3.85. The maximum atomic E-state index is 12.7. The van der Waals surface area contributed by atoms with Crippen molar-refractivity contribution < 1.29 is 27.2 Å². The van der Waals surface area contributed by atoms with Crippen molar-refractivity contribution in [2.75, 3.05) is 13.7 Å². The van der Waals surface area contributed by atoms with Crippen molar-refractivity contribution in [3.63, 3.8) is 0 Å². The quantitative estimate of drug-likeness (QED) is 0.488. The molecule has 0 aliphatic rings. The number of methoxy groups -OCH3 is 1. The van der Waals surface area contributed by atoms with Crippen LogP contribution in [0.25, 0.3) is 0 Å². The summed E-state index contributed by atoms with van der Waals surface area (Å²) in [5.74, 6) is 0.160. The molecule has 0 bridgehead atoms. The highest BCUT2D eigenvalue weighted by Gasteiger charge is 2.26. The summed E-state index contributed by atoms with van der Waals surface area (Å²) < 4.78 is 37.9. The van der Waals surface area contributed by atoms with Crippen LogP contribution in [0.5, 0.6) is 5.75 Å². The predicted molar refractivity (Wildman–Crippen MR) is 110 cm³/mol. The molecule has 1 aromatic carbocycles. The smallest absolute Gasteiger partial charge is 0.241 e. The van der Waals surface area contributed by atoms with Gasteiger partial charge in [0.1, 0.15) is 17.6 Å². The number of carbonyl (C=O) groups is 2. The summed E-state index contributed by atoms with van der Waals surface area (Å²) in [6.07, 6.45) is 1.77. The van der Waals surface area contributed by atoms with E-state index in [4.69, 9.17) is 9.15 Å². The van der Waals surface area contributed by atoms with Gasteiger partial charge in [0, 0.05) is 0 Å². The molecule has 9 nitrogen and oxygen atoms in total. The van der Waals surface area contributed by atoms with Gasteiger partial charge in [-0.3, -0.25) is 9.59 Å². The molecule has 0 aliphatic carbocycles. The highest BCUT2D eigenvalue weighted by Crippen LogP contribution is 2.17. The summed E-state index contributed by atoms with van der Waals surface area (Å²) >= 11 is 0. The topological polar surface area (TPSA) is 127 Å². The molecule has 0 spiro atoms. The van der Waals surface area contributed by atoms with Gasteiger partial charge < -0.3 is 19.8 Å². The lowest BCUT2D eigenvalue weighted by Crippen LogP contribution is -2.49. The van der Waals surface area contributed by atoms with Gasteiger partial charge >= 0.3 is 0 Å². The Kier molecular flexibility index (Phi) is 8.43. The van der Waals surface area contributed by atoms with Crippen LogP contribution in [0.3, 0.4) is 0 Å². The van der Waals surface area contributed by atoms with Crippen LogP contribution in [0, 0.1) is 5.92 Å². The number of nitrogens with one attached hydrogen (secondary N) is 3. The average molecular weight is 438 g/mol. The Labute approximate surface area is 176 Å². The number of sulfonamides is 1. The van der Waals surface area contributed by atoms with E-state index in [1.54, 1.807) is 12.1 Å². The lowest BCUT2D eigenvalue weighted by atomic mass is 10.0. The summed E-state index contributed by atoms with van der Waals surface area (Å²) in [6.45, 7) is 3.66. The second kappa shape index (κ2) is 10.8. The third-order valence-corrected chi connectivity index (χ3v) is 5.64. The molecular formula is C20H27N3O6S. The molecule has 1 unspecified atom stereocenters. The predicted octanol–water partition coefficient (Wildman–Crippen LogP) is 1.41. The van der Waals surface area contributed by atoms with Crippen molar-refractivity contribution in [2.24, 2.45) is 5.92 Å². The zero-order valence-corrected chi connectivity index (χ0v) is 18.0. The first-order valence-corrected chi connectivity index (χ1v) is 10.9. The van der Waals surface area contributed by atoms with Gasteiger partial charge in [-0.05, 0) is 48.7 Å². The molecule has 30 heavy (non-hydrogen) atoms. The molecule has 164 valence electrons. The van der Waals surface area contributed by atoms with E-state index in [2.05, 4.69) is 15.4 Å². The van der Waals surface area contributed by atoms with E-state index in [0.717, 1.165) is 0 Å². The number of rotatable bonds is 11. The maximum Gasteiger partial charge on any atom is 0.241 e. The van der Waals surface area contributed by atoms with Crippen molar-refractivity contribution in [1.29, 1.82) is 0 Å². The lowest BCUT2D eigenvalue weighted by Gasteiger charge is -2.20. The normalized spacial score (nSPS) is 12.4. The molecule has 0 saturated carbocycles. The van der Waals surface area contributed by atoms with Gasteiger partial charge in [0.2, 0.25) is 21.8 Å². The van der Waals surface area contributed by atoms with E-state index in [-0.39, 0.29) is 30.3 Å². The Morgan fingerprint density at radius 2 is 1.80 bits per heavy atom. The van der Waals surface area contributed by atoms with Crippen LogP contribution in [0.1, 0.15) is 26.0 Å². The molecule has 2 amide bonds. The van der Waals surface area contributed by atoms with Gasteiger partial charge in [-0.1, -0.05) is 13.8 Å². The first kappa shape index (κ1) is 23.4. The third-order valence-electron chi connectivity index (χ3n) is 4.15.